The van der Waals surface area contributed by atoms with E-state index < -0.39 is 11.7 Å². The van der Waals surface area contributed by atoms with Crippen molar-refractivity contribution >= 4 is 11.6 Å². The summed E-state index contributed by atoms with van der Waals surface area (Å²) in [7, 11) is 0. The van der Waals surface area contributed by atoms with Crippen LogP contribution in [0.3, 0.4) is 0 Å². The summed E-state index contributed by atoms with van der Waals surface area (Å²) >= 11 is 0. The molecule has 0 unspecified atom stereocenters. The van der Waals surface area contributed by atoms with Gasteiger partial charge >= 0.3 is 11.9 Å². The molecule has 0 aliphatic carbocycles. The maximum absolute atomic E-state index is 13.1. The molecule has 4 rings (SSSR count). The van der Waals surface area contributed by atoms with Crippen molar-refractivity contribution in [1.82, 2.24) is 24.1 Å². The summed E-state index contributed by atoms with van der Waals surface area (Å²) in [4.78, 5) is 23.1. The lowest BCUT2D eigenvalue weighted by Crippen LogP contribution is -2.33. The Kier molecular flexibility index (Phi) is 4.63. The van der Waals surface area contributed by atoms with Gasteiger partial charge in [0.15, 0.2) is 0 Å². The summed E-state index contributed by atoms with van der Waals surface area (Å²) in [5.74, 6) is 0.885. The highest BCUT2D eigenvalue weighted by molar-refractivity contribution is 5.52. The van der Waals surface area contributed by atoms with E-state index in [-0.39, 0.29) is 23.4 Å². The average Bonchev–Trinajstić information content (AvgIpc) is 2.93. The summed E-state index contributed by atoms with van der Waals surface area (Å²) < 4.78 is 42.0. The van der Waals surface area contributed by atoms with Crippen LogP contribution in [0.15, 0.2) is 23.3 Å². The molecule has 30 heavy (non-hydrogen) atoms. The van der Waals surface area contributed by atoms with Crippen LogP contribution in [0.4, 0.5) is 19.0 Å². The van der Waals surface area contributed by atoms with Gasteiger partial charge in [0, 0.05) is 43.2 Å². The number of aromatic nitrogens is 5. The SMILES string of the molecule is Cc1cn2c(=O)n(CC(C)(C)C)nc2nc1N1CCc2ncc(C(F)(F)F)cc2C1. The van der Waals surface area contributed by atoms with Crippen molar-refractivity contribution in [2.45, 2.75) is 53.4 Å². The molecule has 4 heterocycles. The van der Waals surface area contributed by atoms with Crippen molar-refractivity contribution < 1.29 is 13.2 Å². The van der Waals surface area contributed by atoms with Crippen LogP contribution in [0.5, 0.6) is 0 Å². The van der Waals surface area contributed by atoms with Gasteiger partial charge in [0.25, 0.3) is 5.78 Å². The van der Waals surface area contributed by atoms with Crippen LogP contribution in [0, 0.1) is 12.3 Å². The fourth-order valence-electron chi connectivity index (χ4n) is 3.67. The first-order valence-corrected chi connectivity index (χ1v) is 9.69. The number of alkyl halides is 3. The van der Waals surface area contributed by atoms with E-state index >= 15 is 0 Å². The topological polar surface area (TPSA) is 68.3 Å². The van der Waals surface area contributed by atoms with E-state index in [4.69, 9.17) is 0 Å². The lowest BCUT2D eigenvalue weighted by molar-refractivity contribution is -0.137. The van der Waals surface area contributed by atoms with E-state index in [0.29, 0.717) is 36.6 Å². The molecule has 0 N–H and O–H groups in total. The molecule has 0 amide bonds. The number of nitrogens with zero attached hydrogens (tertiary/aromatic N) is 6. The van der Waals surface area contributed by atoms with E-state index in [0.717, 1.165) is 17.8 Å². The van der Waals surface area contributed by atoms with Crippen LogP contribution in [0.25, 0.3) is 5.78 Å². The summed E-state index contributed by atoms with van der Waals surface area (Å²) in [5.41, 5.74) is 0.819. The van der Waals surface area contributed by atoms with Gasteiger partial charge in [-0.1, -0.05) is 20.8 Å². The molecule has 0 radical (unpaired) electrons. The average molecular weight is 420 g/mol. The van der Waals surface area contributed by atoms with Crippen molar-refractivity contribution in [3.63, 3.8) is 0 Å². The van der Waals surface area contributed by atoms with Gasteiger partial charge in [-0.3, -0.25) is 4.98 Å². The second-order valence-corrected chi connectivity index (χ2v) is 8.92. The predicted molar refractivity (Wildman–Crippen MR) is 105 cm³/mol. The van der Waals surface area contributed by atoms with Crippen molar-refractivity contribution in [2.75, 3.05) is 11.4 Å². The first-order chi connectivity index (χ1) is 13.9. The zero-order chi connectivity index (χ0) is 21.8. The van der Waals surface area contributed by atoms with Gasteiger partial charge in [-0.2, -0.15) is 18.2 Å². The van der Waals surface area contributed by atoms with E-state index in [1.54, 1.807) is 6.20 Å². The van der Waals surface area contributed by atoms with Crippen molar-refractivity contribution in [2.24, 2.45) is 5.41 Å². The number of aryl methyl sites for hydroxylation is 1. The molecule has 0 spiro atoms. The molecule has 7 nitrogen and oxygen atoms in total. The Morgan fingerprint density at radius 3 is 2.60 bits per heavy atom. The predicted octanol–water partition coefficient (Wildman–Crippen LogP) is 3.22. The maximum atomic E-state index is 13.1. The highest BCUT2D eigenvalue weighted by Crippen LogP contribution is 2.32. The standard InChI is InChI=1S/C20H23F3N6O/c1-12-9-28-17(26-29(18(28)30)11-19(2,3)4)25-16(12)27-6-5-15-13(10-27)7-14(8-24-15)20(21,22)23/h7-9H,5-6,10-11H2,1-4H3. The van der Waals surface area contributed by atoms with Gasteiger partial charge < -0.3 is 4.90 Å². The largest absolute Gasteiger partial charge is 0.417 e. The molecule has 0 atom stereocenters. The molecule has 0 bridgehead atoms. The number of rotatable bonds is 2. The van der Waals surface area contributed by atoms with Gasteiger partial charge in [0.05, 0.1) is 12.1 Å². The number of halogens is 3. The molecule has 0 fully saturated rings. The van der Waals surface area contributed by atoms with Crippen molar-refractivity contribution in [1.29, 1.82) is 0 Å². The molecular weight excluding hydrogens is 397 g/mol. The Bertz CT molecular complexity index is 1170. The molecule has 1 aliphatic heterocycles. The molecule has 0 saturated heterocycles. The third-order valence-corrected chi connectivity index (χ3v) is 5.02. The fourth-order valence-corrected chi connectivity index (χ4v) is 3.67. The maximum Gasteiger partial charge on any atom is 0.417 e. The Hall–Kier alpha value is -2.91. The Balaban J connectivity index is 1.70. The number of anilines is 1. The third-order valence-electron chi connectivity index (χ3n) is 5.02. The van der Waals surface area contributed by atoms with Gasteiger partial charge in [-0.15, -0.1) is 5.10 Å². The zero-order valence-electron chi connectivity index (χ0n) is 17.3. The molecule has 0 aromatic carbocycles. The summed E-state index contributed by atoms with van der Waals surface area (Å²) in [6.45, 7) is 9.17. The van der Waals surface area contributed by atoms with E-state index in [9.17, 15) is 18.0 Å². The molecule has 160 valence electrons. The molecule has 10 heteroatoms. The van der Waals surface area contributed by atoms with E-state index in [1.165, 1.54) is 9.08 Å². The van der Waals surface area contributed by atoms with Crippen LogP contribution in [-0.2, 0) is 25.7 Å². The van der Waals surface area contributed by atoms with Crippen LogP contribution in [-0.4, -0.2) is 30.7 Å². The Morgan fingerprint density at radius 1 is 1.20 bits per heavy atom. The highest BCUT2D eigenvalue weighted by Gasteiger charge is 2.32. The van der Waals surface area contributed by atoms with Crippen LogP contribution < -0.4 is 10.6 Å². The molecule has 3 aromatic heterocycles. The Morgan fingerprint density at radius 2 is 1.93 bits per heavy atom. The van der Waals surface area contributed by atoms with Gasteiger partial charge in [0.2, 0.25) is 0 Å². The lowest BCUT2D eigenvalue weighted by Gasteiger charge is -2.30. The zero-order valence-corrected chi connectivity index (χ0v) is 17.3. The van der Waals surface area contributed by atoms with Crippen molar-refractivity contribution in [3.05, 3.63) is 51.3 Å². The second-order valence-electron chi connectivity index (χ2n) is 8.92. The number of pyridine rings is 1. The quantitative estimate of drug-likeness (QED) is 0.637. The second kappa shape index (κ2) is 6.82. The molecule has 0 saturated carbocycles. The van der Waals surface area contributed by atoms with E-state index in [1.807, 2.05) is 32.6 Å². The summed E-state index contributed by atoms with van der Waals surface area (Å²) in [5, 5.41) is 4.35. The summed E-state index contributed by atoms with van der Waals surface area (Å²) in [6.07, 6.45) is -1.34. The normalized spacial score (nSPS) is 15.0. The minimum Gasteiger partial charge on any atom is -0.351 e. The minimum absolute atomic E-state index is 0.126. The van der Waals surface area contributed by atoms with Crippen molar-refractivity contribution in [3.8, 4) is 0 Å². The monoisotopic (exact) mass is 420 g/mol. The number of hydrogen-bond donors (Lipinski definition) is 0. The number of hydrogen-bond acceptors (Lipinski definition) is 5. The molecule has 1 aliphatic rings. The van der Waals surface area contributed by atoms with Crippen LogP contribution in [0.2, 0.25) is 0 Å². The Labute approximate surface area is 171 Å². The number of fused-ring (bicyclic) bond motifs is 2. The first kappa shape index (κ1) is 20.4. The first-order valence-electron chi connectivity index (χ1n) is 9.69. The molecular formula is C20H23F3N6O. The van der Waals surface area contributed by atoms with E-state index in [2.05, 4.69) is 15.1 Å². The van der Waals surface area contributed by atoms with Crippen LogP contribution >= 0.6 is 0 Å². The van der Waals surface area contributed by atoms with Gasteiger partial charge in [0.1, 0.15) is 5.82 Å². The molecule has 3 aromatic rings. The van der Waals surface area contributed by atoms with Gasteiger partial charge in [-0.25, -0.2) is 13.9 Å². The lowest BCUT2D eigenvalue weighted by atomic mass is 9.97. The smallest absolute Gasteiger partial charge is 0.351 e. The minimum atomic E-state index is -4.43. The van der Waals surface area contributed by atoms with Gasteiger partial charge in [-0.05, 0) is 24.0 Å². The summed E-state index contributed by atoms with van der Waals surface area (Å²) in [6, 6.07) is 1.16. The third kappa shape index (κ3) is 3.78. The highest BCUT2D eigenvalue weighted by atomic mass is 19.4. The van der Waals surface area contributed by atoms with Crippen LogP contribution in [0.1, 0.15) is 43.2 Å². The fraction of sp³-hybridized carbons (Fsp3) is 0.500.